The lowest BCUT2D eigenvalue weighted by atomic mass is 9.77. The van der Waals surface area contributed by atoms with E-state index in [1.54, 1.807) is 19.1 Å². The van der Waals surface area contributed by atoms with Gasteiger partial charge in [0, 0.05) is 37.0 Å². The van der Waals surface area contributed by atoms with Crippen molar-refractivity contribution < 1.29 is 19.1 Å². The van der Waals surface area contributed by atoms with Crippen LogP contribution in [0, 0.1) is 0 Å². The summed E-state index contributed by atoms with van der Waals surface area (Å²) in [7, 11) is 0. The highest BCUT2D eigenvalue weighted by Gasteiger charge is 2.45. The fourth-order valence-corrected chi connectivity index (χ4v) is 7.02. The van der Waals surface area contributed by atoms with Crippen molar-refractivity contribution in [3.63, 3.8) is 0 Å². The minimum atomic E-state index is -0.370. The Morgan fingerprint density at radius 3 is 2.52 bits per heavy atom. The quantitative estimate of drug-likeness (QED) is 0.288. The van der Waals surface area contributed by atoms with Gasteiger partial charge in [0.15, 0.2) is 0 Å². The van der Waals surface area contributed by atoms with Crippen LogP contribution in [-0.4, -0.2) is 41.5 Å². The smallest absolute Gasteiger partial charge is 0.343 e. The van der Waals surface area contributed by atoms with Crippen LogP contribution in [0.2, 0.25) is 0 Å². The Morgan fingerprint density at radius 1 is 1.00 bits per heavy atom. The lowest BCUT2D eigenvalue weighted by Gasteiger charge is -2.45. The largest absolute Gasteiger partial charge is 0.491 e. The van der Waals surface area contributed by atoms with Gasteiger partial charge in [-0.2, -0.15) is 0 Å². The highest BCUT2D eigenvalue weighted by Crippen LogP contribution is 2.50. The van der Waals surface area contributed by atoms with Gasteiger partial charge in [-0.25, -0.2) is 4.79 Å². The number of nitrogens with one attached hydrogen (secondary N) is 1. The zero-order valence-corrected chi connectivity index (χ0v) is 24.6. The van der Waals surface area contributed by atoms with Gasteiger partial charge in [-0.3, -0.25) is 9.69 Å². The maximum absolute atomic E-state index is 13.3. The van der Waals surface area contributed by atoms with Crippen molar-refractivity contribution in [2.45, 2.75) is 83.0 Å². The maximum atomic E-state index is 13.3. The number of rotatable bonds is 9. The summed E-state index contributed by atoms with van der Waals surface area (Å²) in [5.74, 6) is 1.06. The number of carbonyl (C=O) groups excluding carboxylic acids is 2. The Morgan fingerprint density at radius 2 is 1.76 bits per heavy atom. The molecular formula is C36H40N2O4. The average Bonchev–Trinajstić information content (AvgIpc) is 3.48. The molecule has 1 N–H and O–H groups in total. The summed E-state index contributed by atoms with van der Waals surface area (Å²) in [4.78, 5) is 27.9. The van der Waals surface area contributed by atoms with Crippen molar-refractivity contribution in [3.05, 3.63) is 107 Å². The standard InChI is InChI=1S/C36H40N2O4/c1-24(11-9-14-26-12-5-3-6-13-26)41-29-18-19-30-31(23-29)35-33(38-20-10-17-32(30)38)21-28(37-25(2)39)22-34(35)42-36(40)27-15-7-4-8-16-27/h3-8,12-13,15-16,18-19,23-24,28,32-33H,9-11,14,17,20-22H2,1-2H3,(H,37,39). The van der Waals surface area contributed by atoms with E-state index in [9.17, 15) is 9.59 Å². The summed E-state index contributed by atoms with van der Waals surface area (Å²) in [6.45, 7) is 4.67. The second-order valence-electron chi connectivity index (χ2n) is 11.9. The number of fused-ring (bicyclic) bond motifs is 6. The number of amides is 1. The van der Waals surface area contributed by atoms with E-state index in [2.05, 4.69) is 65.7 Å². The summed E-state index contributed by atoms with van der Waals surface area (Å²) in [6, 6.07) is 26.4. The molecular weight excluding hydrogens is 524 g/mol. The molecule has 42 heavy (non-hydrogen) atoms. The Bertz CT molecular complexity index is 1450. The Kier molecular flexibility index (Phi) is 8.43. The first-order chi connectivity index (χ1) is 20.5. The number of hydrogen-bond donors (Lipinski definition) is 1. The monoisotopic (exact) mass is 564 g/mol. The number of carbonyl (C=O) groups is 2. The molecule has 218 valence electrons. The molecule has 0 saturated carbocycles. The van der Waals surface area contributed by atoms with Gasteiger partial charge in [-0.15, -0.1) is 0 Å². The second kappa shape index (κ2) is 12.5. The van der Waals surface area contributed by atoms with Crippen molar-refractivity contribution in [1.82, 2.24) is 10.2 Å². The minimum absolute atomic E-state index is 0.0627. The number of esters is 1. The van der Waals surface area contributed by atoms with Crippen molar-refractivity contribution in [3.8, 4) is 5.75 Å². The third-order valence-electron chi connectivity index (χ3n) is 8.83. The summed E-state index contributed by atoms with van der Waals surface area (Å²) in [5.41, 5.74) is 5.32. The normalized spacial score (nSPS) is 22.0. The van der Waals surface area contributed by atoms with Crippen LogP contribution >= 0.6 is 0 Å². The van der Waals surface area contributed by atoms with Gasteiger partial charge in [-0.05, 0) is 92.9 Å². The first-order valence-corrected chi connectivity index (χ1v) is 15.3. The lowest BCUT2D eigenvalue weighted by Crippen LogP contribution is -2.48. The highest BCUT2D eigenvalue weighted by atomic mass is 16.5. The van der Waals surface area contributed by atoms with Crippen LogP contribution < -0.4 is 10.1 Å². The van der Waals surface area contributed by atoms with Crippen LogP contribution in [0.15, 0.2) is 84.6 Å². The Labute approximate surface area is 248 Å². The zero-order chi connectivity index (χ0) is 29.1. The molecule has 3 aromatic rings. The molecule has 0 spiro atoms. The highest BCUT2D eigenvalue weighted by molar-refractivity contribution is 5.91. The zero-order valence-electron chi connectivity index (χ0n) is 24.6. The molecule has 6 nitrogen and oxygen atoms in total. The van der Waals surface area contributed by atoms with Gasteiger partial charge in [-0.1, -0.05) is 54.6 Å². The molecule has 1 fully saturated rings. The number of benzene rings is 3. The van der Waals surface area contributed by atoms with Crippen LogP contribution in [0.4, 0.5) is 0 Å². The fourth-order valence-electron chi connectivity index (χ4n) is 7.02. The van der Waals surface area contributed by atoms with Crippen LogP contribution in [0.1, 0.15) is 85.5 Å². The van der Waals surface area contributed by atoms with Gasteiger partial charge in [0.05, 0.1) is 11.7 Å². The molecule has 4 atom stereocenters. The molecule has 1 aliphatic carbocycles. The van der Waals surface area contributed by atoms with Crippen molar-refractivity contribution in [1.29, 1.82) is 0 Å². The van der Waals surface area contributed by atoms with E-state index in [0.29, 0.717) is 23.8 Å². The van der Waals surface area contributed by atoms with Gasteiger partial charge in [0.25, 0.3) is 0 Å². The van der Waals surface area contributed by atoms with E-state index in [-0.39, 0.29) is 30.1 Å². The second-order valence-corrected chi connectivity index (χ2v) is 11.9. The molecule has 4 unspecified atom stereocenters. The first-order valence-electron chi connectivity index (χ1n) is 15.3. The molecule has 3 aromatic carbocycles. The van der Waals surface area contributed by atoms with E-state index in [1.165, 1.54) is 11.1 Å². The molecule has 1 amide bonds. The van der Waals surface area contributed by atoms with E-state index >= 15 is 0 Å². The Hall–Kier alpha value is -3.90. The van der Waals surface area contributed by atoms with Gasteiger partial charge < -0.3 is 14.8 Å². The van der Waals surface area contributed by atoms with E-state index in [0.717, 1.165) is 62.0 Å². The SMILES string of the molecule is CC(=O)NC1CC(OC(=O)c2ccccc2)=C2c3cc(OC(C)CCCc4ccccc4)ccc3C3CCCN3C2C1. The predicted octanol–water partition coefficient (Wildman–Crippen LogP) is 6.86. The lowest BCUT2D eigenvalue weighted by molar-refractivity contribution is -0.119. The van der Waals surface area contributed by atoms with Crippen LogP contribution in [0.25, 0.3) is 5.57 Å². The van der Waals surface area contributed by atoms with E-state index in [4.69, 9.17) is 9.47 Å². The third-order valence-corrected chi connectivity index (χ3v) is 8.83. The van der Waals surface area contributed by atoms with Crippen LogP contribution in [0.5, 0.6) is 5.75 Å². The van der Waals surface area contributed by atoms with Gasteiger partial charge >= 0.3 is 5.97 Å². The summed E-state index contributed by atoms with van der Waals surface area (Å²) < 4.78 is 12.7. The summed E-state index contributed by atoms with van der Waals surface area (Å²) in [6.07, 6.45) is 6.62. The summed E-state index contributed by atoms with van der Waals surface area (Å²) in [5, 5.41) is 3.11. The number of hydrogen-bond acceptors (Lipinski definition) is 5. The molecule has 0 bridgehead atoms. The molecule has 6 rings (SSSR count). The molecule has 2 heterocycles. The molecule has 2 aliphatic heterocycles. The van der Waals surface area contributed by atoms with Gasteiger partial charge in [0.2, 0.25) is 5.91 Å². The van der Waals surface area contributed by atoms with Crippen LogP contribution in [-0.2, 0) is 16.0 Å². The van der Waals surface area contributed by atoms with E-state index < -0.39 is 0 Å². The third kappa shape index (κ3) is 6.14. The first kappa shape index (κ1) is 28.2. The van der Waals surface area contributed by atoms with E-state index in [1.807, 2.05) is 18.2 Å². The number of nitrogens with zero attached hydrogens (tertiary/aromatic N) is 1. The topological polar surface area (TPSA) is 67.9 Å². The molecule has 6 heteroatoms. The summed E-state index contributed by atoms with van der Waals surface area (Å²) >= 11 is 0. The number of aryl methyl sites for hydroxylation is 1. The average molecular weight is 565 g/mol. The van der Waals surface area contributed by atoms with Crippen molar-refractivity contribution in [2.24, 2.45) is 0 Å². The van der Waals surface area contributed by atoms with Gasteiger partial charge in [0.1, 0.15) is 11.5 Å². The van der Waals surface area contributed by atoms with Crippen molar-refractivity contribution in [2.75, 3.05) is 6.54 Å². The Balaban J connectivity index is 1.30. The number of ether oxygens (including phenoxy) is 2. The van der Waals surface area contributed by atoms with Crippen molar-refractivity contribution >= 4 is 17.4 Å². The minimum Gasteiger partial charge on any atom is -0.491 e. The molecule has 1 saturated heterocycles. The molecule has 3 aliphatic rings. The predicted molar refractivity (Wildman–Crippen MR) is 164 cm³/mol. The maximum Gasteiger partial charge on any atom is 0.343 e. The van der Waals surface area contributed by atoms with Crippen LogP contribution in [0.3, 0.4) is 0 Å². The molecule has 0 radical (unpaired) electrons. The fraction of sp³-hybridized carbons (Fsp3) is 0.389. The molecule has 0 aromatic heterocycles.